The summed E-state index contributed by atoms with van der Waals surface area (Å²) >= 11 is 12.9. The van der Waals surface area contributed by atoms with Gasteiger partial charge in [-0.3, -0.25) is 30.2 Å². The number of thiazole rings is 1. The first-order chi connectivity index (χ1) is 18.1. The van der Waals surface area contributed by atoms with Gasteiger partial charge >= 0.3 is 17.9 Å². The fourth-order valence-corrected chi connectivity index (χ4v) is 5.38. The van der Waals surface area contributed by atoms with Gasteiger partial charge in [0.15, 0.2) is 0 Å². The van der Waals surface area contributed by atoms with E-state index in [4.69, 9.17) is 27.9 Å². The van der Waals surface area contributed by atoms with Gasteiger partial charge in [-0.15, -0.1) is 11.3 Å². The van der Waals surface area contributed by atoms with E-state index in [0.717, 1.165) is 23.1 Å². The van der Waals surface area contributed by atoms with E-state index in [1.165, 1.54) is 21.1 Å². The molecule has 39 heavy (non-hydrogen) atoms. The van der Waals surface area contributed by atoms with Gasteiger partial charge in [0.25, 0.3) is 0 Å². The number of likely N-dealkylation sites (tertiary alicyclic amines) is 2. The van der Waals surface area contributed by atoms with Crippen LogP contribution in [0.4, 0.5) is 13.6 Å². The maximum atomic E-state index is 14.7. The first-order valence-corrected chi connectivity index (χ1v) is 13.4. The summed E-state index contributed by atoms with van der Waals surface area (Å²) in [5.41, 5.74) is 2.59. The summed E-state index contributed by atoms with van der Waals surface area (Å²) in [5, 5.41) is -0.137. The molecule has 2 N–H and O–H groups in total. The van der Waals surface area contributed by atoms with Crippen molar-refractivity contribution in [3.05, 3.63) is 50.4 Å². The van der Waals surface area contributed by atoms with Gasteiger partial charge in [-0.2, -0.15) is 8.78 Å². The zero-order chi connectivity index (χ0) is 28.8. The van der Waals surface area contributed by atoms with Crippen molar-refractivity contribution >= 4 is 58.4 Å². The molecule has 1 unspecified atom stereocenters. The summed E-state index contributed by atoms with van der Waals surface area (Å²) in [6, 6.07) is 2.92. The molecule has 0 aliphatic carbocycles. The van der Waals surface area contributed by atoms with Crippen LogP contribution in [0.1, 0.15) is 31.2 Å². The van der Waals surface area contributed by atoms with Crippen LogP contribution in [0.15, 0.2) is 29.9 Å². The van der Waals surface area contributed by atoms with Crippen LogP contribution in [-0.2, 0) is 31.6 Å². The average molecular weight is 604 g/mol. The number of rotatable bonds is 5. The molecular formula is C24H25Cl2F2N5O5S. The highest BCUT2D eigenvalue weighted by Gasteiger charge is 2.64. The van der Waals surface area contributed by atoms with Crippen LogP contribution in [0.2, 0.25) is 10.0 Å². The van der Waals surface area contributed by atoms with Crippen molar-refractivity contribution in [3.8, 4) is 0 Å². The lowest BCUT2D eigenvalue weighted by Crippen LogP contribution is -2.66. The zero-order valence-electron chi connectivity index (χ0n) is 21.1. The van der Waals surface area contributed by atoms with Crippen molar-refractivity contribution in [1.82, 2.24) is 25.6 Å². The molecule has 3 heterocycles. The maximum Gasteiger partial charge on any atom is 0.410 e. The minimum atomic E-state index is -4.05. The third-order valence-corrected chi connectivity index (χ3v) is 7.90. The summed E-state index contributed by atoms with van der Waals surface area (Å²) in [7, 11) is 0. The van der Waals surface area contributed by atoms with Crippen LogP contribution in [0.25, 0.3) is 0 Å². The van der Waals surface area contributed by atoms with Gasteiger partial charge in [0.2, 0.25) is 11.8 Å². The number of aromatic nitrogens is 1. The number of hydrazine groups is 1. The highest BCUT2D eigenvalue weighted by molar-refractivity contribution is 7.09. The first kappa shape index (κ1) is 29.0. The zero-order valence-corrected chi connectivity index (χ0v) is 23.4. The molecule has 2 aliphatic heterocycles. The minimum absolute atomic E-state index is 0.0323. The second-order valence-corrected chi connectivity index (χ2v) is 12.1. The third kappa shape index (κ3) is 5.80. The molecule has 0 saturated carbocycles. The van der Waals surface area contributed by atoms with E-state index in [-0.39, 0.29) is 42.1 Å². The van der Waals surface area contributed by atoms with E-state index < -0.39 is 46.3 Å². The standard InChI is InChI=1S/C24H25Cl2F2N5O5S/c1-22(2,3)38-21(37)33-10-23(11-33)15(9-32(20(23)36)8-14-7-29-12-39-14)18(34)30-31-19(35)24(27,28)13-4-5-16(25)17(26)6-13/h4-7,12,15H,8-11H2,1-3H3,(H,30,34)(H,31,35). The van der Waals surface area contributed by atoms with Crippen LogP contribution < -0.4 is 10.9 Å². The van der Waals surface area contributed by atoms with Crippen LogP contribution in [0.5, 0.6) is 0 Å². The minimum Gasteiger partial charge on any atom is -0.444 e. The van der Waals surface area contributed by atoms with Gasteiger partial charge in [0.1, 0.15) is 5.60 Å². The molecule has 4 rings (SSSR count). The Labute approximate surface area is 236 Å². The van der Waals surface area contributed by atoms with E-state index in [1.807, 2.05) is 5.43 Å². The lowest BCUT2D eigenvalue weighted by atomic mass is 9.71. The number of ether oxygens (including phenoxy) is 1. The van der Waals surface area contributed by atoms with E-state index in [0.29, 0.717) is 0 Å². The highest BCUT2D eigenvalue weighted by atomic mass is 35.5. The van der Waals surface area contributed by atoms with Gasteiger partial charge in [-0.25, -0.2) is 4.79 Å². The molecule has 0 radical (unpaired) electrons. The molecule has 2 fully saturated rings. The smallest absolute Gasteiger partial charge is 0.410 e. The van der Waals surface area contributed by atoms with Crippen molar-refractivity contribution in [2.24, 2.45) is 11.3 Å². The Morgan fingerprint density at radius 1 is 1.18 bits per heavy atom. The molecule has 15 heteroatoms. The van der Waals surface area contributed by atoms with E-state index >= 15 is 0 Å². The number of nitrogens with zero attached hydrogens (tertiary/aromatic N) is 3. The molecule has 1 atom stereocenters. The molecule has 2 aromatic rings. The molecule has 2 aliphatic rings. The number of benzene rings is 1. The number of hydrogen-bond acceptors (Lipinski definition) is 7. The van der Waals surface area contributed by atoms with E-state index in [9.17, 15) is 28.0 Å². The molecule has 1 spiro atoms. The number of carbonyl (C=O) groups excluding carboxylic acids is 4. The van der Waals surface area contributed by atoms with Gasteiger partial charge < -0.3 is 14.5 Å². The molecule has 4 amide bonds. The van der Waals surface area contributed by atoms with Crippen molar-refractivity contribution in [1.29, 1.82) is 0 Å². The summed E-state index contributed by atoms with van der Waals surface area (Å²) in [4.78, 5) is 59.0. The summed E-state index contributed by atoms with van der Waals surface area (Å²) in [6.07, 6.45) is 0.951. The van der Waals surface area contributed by atoms with Crippen LogP contribution in [0, 0.1) is 11.3 Å². The number of halogens is 4. The fourth-order valence-electron chi connectivity index (χ4n) is 4.47. The third-order valence-electron chi connectivity index (χ3n) is 6.39. The molecule has 1 aromatic heterocycles. The Balaban J connectivity index is 1.48. The summed E-state index contributed by atoms with van der Waals surface area (Å²) in [6.45, 7) is 5.02. The first-order valence-electron chi connectivity index (χ1n) is 11.7. The highest BCUT2D eigenvalue weighted by Crippen LogP contribution is 2.46. The second kappa shape index (κ2) is 10.5. The van der Waals surface area contributed by atoms with E-state index in [2.05, 4.69) is 4.98 Å². The predicted octanol–water partition coefficient (Wildman–Crippen LogP) is 3.58. The molecule has 10 nitrogen and oxygen atoms in total. The molecular weight excluding hydrogens is 579 g/mol. The lowest BCUT2D eigenvalue weighted by Gasteiger charge is -2.48. The van der Waals surface area contributed by atoms with Crippen molar-refractivity contribution in [2.75, 3.05) is 19.6 Å². The normalized spacial score (nSPS) is 18.6. The van der Waals surface area contributed by atoms with Crippen LogP contribution >= 0.6 is 34.5 Å². The monoisotopic (exact) mass is 603 g/mol. The fraction of sp³-hybridized carbons (Fsp3) is 0.458. The Kier molecular flexibility index (Phi) is 7.80. The molecule has 1 aromatic carbocycles. The Morgan fingerprint density at radius 2 is 1.87 bits per heavy atom. The average Bonchev–Trinajstić information content (AvgIpc) is 3.43. The van der Waals surface area contributed by atoms with Gasteiger partial charge in [-0.05, 0) is 32.9 Å². The predicted molar refractivity (Wildman–Crippen MR) is 138 cm³/mol. The van der Waals surface area contributed by atoms with E-state index in [1.54, 1.807) is 37.9 Å². The maximum absolute atomic E-state index is 14.7. The molecule has 2 saturated heterocycles. The number of carbonyl (C=O) groups is 4. The number of alkyl halides is 2. The van der Waals surface area contributed by atoms with Gasteiger partial charge in [0, 0.05) is 36.3 Å². The van der Waals surface area contributed by atoms with Crippen molar-refractivity contribution < 1.29 is 32.7 Å². The molecule has 0 bridgehead atoms. The van der Waals surface area contributed by atoms with Crippen LogP contribution in [-0.4, -0.2) is 63.8 Å². The number of hydrogen-bond donors (Lipinski definition) is 2. The number of amides is 4. The summed E-state index contributed by atoms with van der Waals surface area (Å²) in [5.74, 6) is -8.12. The quantitative estimate of drug-likeness (QED) is 0.504. The number of nitrogens with one attached hydrogen (secondary N) is 2. The SMILES string of the molecule is CC(C)(C)OC(=O)N1CC2(C1)C(=O)N(Cc1cncs1)CC2C(=O)NNC(=O)C(F)(F)c1ccc(Cl)c(Cl)c1. The van der Waals surface area contributed by atoms with Crippen LogP contribution in [0.3, 0.4) is 0 Å². The largest absolute Gasteiger partial charge is 0.444 e. The second-order valence-electron chi connectivity index (χ2n) is 10.3. The lowest BCUT2D eigenvalue weighted by molar-refractivity contribution is -0.153. The van der Waals surface area contributed by atoms with Crippen molar-refractivity contribution in [2.45, 2.75) is 38.8 Å². The topological polar surface area (TPSA) is 121 Å². The Morgan fingerprint density at radius 3 is 2.46 bits per heavy atom. The van der Waals surface area contributed by atoms with Gasteiger partial charge in [0.05, 0.1) is 33.4 Å². The molecule has 210 valence electrons. The Hall–Kier alpha value is -3.03. The Bertz CT molecular complexity index is 1300. The van der Waals surface area contributed by atoms with Crippen molar-refractivity contribution in [3.63, 3.8) is 0 Å². The van der Waals surface area contributed by atoms with Gasteiger partial charge in [-0.1, -0.05) is 29.3 Å². The summed E-state index contributed by atoms with van der Waals surface area (Å²) < 4.78 is 34.8.